The Balaban J connectivity index is 0.00000450. The molecule has 2 rings (SSSR count). The van der Waals surface area contributed by atoms with E-state index in [9.17, 15) is 8.42 Å². The van der Waals surface area contributed by atoms with Crippen LogP contribution in [0, 0.1) is 0 Å². The number of aliphatic imine (C=N–C) groups is 1. The van der Waals surface area contributed by atoms with Gasteiger partial charge in [0.05, 0.1) is 25.5 Å². The molecular formula is C20H35IN4O4S. The van der Waals surface area contributed by atoms with E-state index in [4.69, 9.17) is 9.47 Å². The van der Waals surface area contributed by atoms with Gasteiger partial charge in [-0.05, 0) is 32.3 Å². The summed E-state index contributed by atoms with van der Waals surface area (Å²) in [5.74, 6) is 1.41. The van der Waals surface area contributed by atoms with Crippen molar-refractivity contribution in [1.29, 1.82) is 0 Å². The zero-order valence-corrected chi connectivity index (χ0v) is 21.2. The molecule has 30 heavy (non-hydrogen) atoms. The molecule has 0 radical (unpaired) electrons. The zero-order chi connectivity index (χ0) is 21.1. The predicted octanol–water partition coefficient (Wildman–Crippen LogP) is 2.20. The first kappa shape index (κ1) is 26.9. The summed E-state index contributed by atoms with van der Waals surface area (Å²) in [5, 5.41) is 3.21. The lowest BCUT2D eigenvalue weighted by Crippen LogP contribution is -2.39. The summed E-state index contributed by atoms with van der Waals surface area (Å²) in [6.07, 6.45) is 3.01. The molecule has 8 nitrogen and oxygen atoms in total. The van der Waals surface area contributed by atoms with Gasteiger partial charge in [0.2, 0.25) is 10.0 Å². The highest BCUT2D eigenvalue weighted by Crippen LogP contribution is 2.18. The third-order valence-corrected chi connectivity index (χ3v) is 6.05. The fraction of sp³-hybridized carbons (Fsp3) is 0.650. The van der Waals surface area contributed by atoms with Crippen LogP contribution >= 0.6 is 24.0 Å². The van der Waals surface area contributed by atoms with Crippen molar-refractivity contribution in [1.82, 2.24) is 14.9 Å². The molecule has 2 N–H and O–H groups in total. The van der Waals surface area contributed by atoms with Crippen molar-refractivity contribution in [2.45, 2.75) is 38.8 Å². The molecule has 0 bridgehead atoms. The van der Waals surface area contributed by atoms with Gasteiger partial charge in [0.25, 0.3) is 0 Å². The number of ether oxygens (including phenoxy) is 2. The first-order valence-corrected chi connectivity index (χ1v) is 11.8. The lowest BCUT2D eigenvalue weighted by Gasteiger charge is -2.23. The van der Waals surface area contributed by atoms with E-state index in [1.165, 1.54) is 0 Å². The predicted molar refractivity (Wildman–Crippen MR) is 131 cm³/mol. The van der Waals surface area contributed by atoms with Crippen LogP contribution in [0.4, 0.5) is 0 Å². The van der Waals surface area contributed by atoms with Crippen LogP contribution < -0.4 is 14.8 Å². The number of para-hydroxylation sites is 1. The van der Waals surface area contributed by atoms with E-state index in [0.29, 0.717) is 32.2 Å². The molecule has 0 spiro atoms. The number of halogens is 1. The van der Waals surface area contributed by atoms with Gasteiger partial charge < -0.3 is 19.7 Å². The Labute approximate surface area is 197 Å². The highest BCUT2D eigenvalue weighted by atomic mass is 127. The van der Waals surface area contributed by atoms with Crippen LogP contribution in [-0.4, -0.2) is 71.5 Å². The Hall–Kier alpha value is -1.11. The van der Waals surface area contributed by atoms with Crippen LogP contribution in [0.3, 0.4) is 0 Å². The number of nitrogens with zero attached hydrogens (tertiary/aromatic N) is 2. The molecule has 0 amide bonds. The third kappa shape index (κ3) is 9.36. The van der Waals surface area contributed by atoms with Crippen molar-refractivity contribution in [2.24, 2.45) is 4.99 Å². The van der Waals surface area contributed by atoms with Crippen LogP contribution in [0.5, 0.6) is 5.75 Å². The van der Waals surface area contributed by atoms with E-state index in [1.807, 2.05) is 43.1 Å². The molecule has 1 atom stereocenters. The third-order valence-electron chi connectivity index (χ3n) is 4.72. The fourth-order valence-corrected chi connectivity index (χ4v) is 4.08. The zero-order valence-electron chi connectivity index (χ0n) is 18.1. The topological polar surface area (TPSA) is 92.3 Å². The largest absolute Gasteiger partial charge is 0.496 e. The van der Waals surface area contributed by atoms with Gasteiger partial charge in [-0.2, -0.15) is 0 Å². The monoisotopic (exact) mass is 554 g/mol. The molecule has 0 aromatic heterocycles. The smallest absolute Gasteiger partial charge is 0.213 e. The number of benzene rings is 1. The molecule has 1 aromatic carbocycles. The van der Waals surface area contributed by atoms with Gasteiger partial charge in [-0.3, -0.25) is 4.99 Å². The summed E-state index contributed by atoms with van der Waals surface area (Å²) in [7, 11) is 0.175. The summed E-state index contributed by atoms with van der Waals surface area (Å²) in [6.45, 7) is 4.49. The van der Waals surface area contributed by atoms with Crippen molar-refractivity contribution in [3.63, 3.8) is 0 Å². The molecule has 1 unspecified atom stereocenters. The maximum Gasteiger partial charge on any atom is 0.213 e. The van der Waals surface area contributed by atoms with Gasteiger partial charge in [0.15, 0.2) is 5.96 Å². The molecule has 0 saturated carbocycles. The summed E-state index contributed by atoms with van der Waals surface area (Å²) in [4.78, 5) is 6.44. The molecule has 172 valence electrons. The lowest BCUT2D eigenvalue weighted by atomic mass is 10.1. The second kappa shape index (κ2) is 14.0. The van der Waals surface area contributed by atoms with Crippen LogP contribution in [-0.2, 0) is 21.3 Å². The van der Waals surface area contributed by atoms with Crippen molar-refractivity contribution in [2.75, 3.05) is 46.2 Å². The van der Waals surface area contributed by atoms with E-state index in [-0.39, 0.29) is 42.4 Å². The average Bonchev–Trinajstić information content (AvgIpc) is 2.73. The number of methoxy groups -OCH3 is 1. The summed E-state index contributed by atoms with van der Waals surface area (Å²) >= 11 is 0. The van der Waals surface area contributed by atoms with E-state index >= 15 is 0 Å². The number of hydrogen-bond acceptors (Lipinski definition) is 5. The van der Waals surface area contributed by atoms with Gasteiger partial charge in [-0.25, -0.2) is 13.1 Å². The quantitative estimate of drug-likeness (QED) is 0.262. The highest BCUT2D eigenvalue weighted by molar-refractivity contribution is 14.0. The second-order valence-electron chi connectivity index (χ2n) is 7.06. The Morgan fingerprint density at radius 3 is 2.77 bits per heavy atom. The van der Waals surface area contributed by atoms with Gasteiger partial charge in [0, 0.05) is 38.9 Å². The van der Waals surface area contributed by atoms with Gasteiger partial charge in [0.1, 0.15) is 5.75 Å². The summed E-state index contributed by atoms with van der Waals surface area (Å²) in [6, 6.07) is 7.81. The first-order chi connectivity index (χ1) is 13.9. The minimum atomic E-state index is -3.39. The Bertz CT molecular complexity index is 755. The maximum atomic E-state index is 12.3. The van der Waals surface area contributed by atoms with Crippen molar-refractivity contribution >= 4 is 40.0 Å². The normalized spacial score (nSPS) is 17.2. The van der Waals surface area contributed by atoms with E-state index < -0.39 is 10.0 Å². The number of guanidine groups is 1. The first-order valence-electron chi connectivity index (χ1n) is 10.2. The van der Waals surface area contributed by atoms with Crippen LogP contribution in [0.25, 0.3) is 0 Å². The molecule has 1 fully saturated rings. The van der Waals surface area contributed by atoms with E-state index in [2.05, 4.69) is 15.0 Å². The van der Waals surface area contributed by atoms with Crippen molar-refractivity contribution in [3.8, 4) is 5.75 Å². The molecule has 1 aliphatic rings. The Kier molecular flexibility index (Phi) is 12.6. The Morgan fingerprint density at radius 2 is 2.10 bits per heavy atom. The number of rotatable bonds is 10. The Morgan fingerprint density at radius 1 is 1.33 bits per heavy atom. The van der Waals surface area contributed by atoms with Crippen LogP contribution in [0.15, 0.2) is 29.3 Å². The molecule has 10 heteroatoms. The second-order valence-corrected chi connectivity index (χ2v) is 8.99. The maximum absolute atomic E-state index is 12.3. The standard InChI is InChI=1S/C20H34N4O4S.HI/c1-4-21-20(24(2)16-17-9-5-6-11-19(17)27-3)22-12-14-29(25,26)23-15-18-10-7-8-13-28-18;/h5-6,9,11,18,23H,4,7-8,10,12-16H2,1-3H3,(H,21,22);1H. The van der Waals surface area contributed by atoms with Gasteiger partial charge >= 0.3 is 0 Å². The SMILES string of the molecule is CCNC(=NCCS(=O)(=O)NCC1CCCCO1)N(C)Cc1ccccc1OC.I. The minimum Gasteiger partial charge on any atom is -0.496 e. The minimum absolute atomic E-state index is 0. The fourth-order valence-electron chi connectivity index (χ4n) is 3.17. The lowest BCUT2D eigenvalue weighted by molar-refractivity contribution is 0.0200. The van der Waals surface area contributed by atoms with Crippen LogP contribution in [0.2, 0.25) is 0 Å². The molecule has 1 aromatic rings. The van der Waals surface area contributed by atoms with Crippen molar-refractivity contribution < 1.29 is 17.9 Å². The summed E-state index contributed by atoms with van der Waals surface area (Å²) in [5.41, 5.74) is 1.03. The van der Waals surface area contributed by atoms with E-state index in [1.54, 1.807) is 7.11 Å². The van der Waals surface area contributed by atoms with E-state index in [0.717, 1.165) is 30.6 Å². The number of sulfonamides is 1. The molecule has 1 saturated heterocycles. The van der Waals surface area contributed by atoms with Gasteiger partial charge in [-0.1, -0.05) is 18.2 Å². The number of nitrogens with one attached hydrogen (secondary N) is 2. The average molecular weight is 554 g/mol. The van der Waals surface area contributed by atoms with Gasteiger partial charge in [-0.15, -0.1) is 24.0 Å². The van der Waals surface area contributed by atoms with Crippen molar-refractivity contribution in [3.05, 3.63) is 29.8 Å². The molecule has 1 aliphatic heterocycles. The molecular weight excluding hydrogens is 519 g/mol. The molecule has 0 aliphatic carbocycles. The van der Waals surface area contributed by atoms with Crippen LogP contribution in [0.1, 0.15) is 31.7 Å². The number of hydrogen-bond donors (Lipinski definition) is 2. The summed E-state index contributed by atoms with van der Waals surface area (Å²) < 4.78 is 38.2. The molecule has 1 heterocycles. The highest BCUT2D eigenvalue weighted by Gasteiger charge is 2.18.